The molecule has 0 heterocycles. The van der Waals surface area contributed by atoms with E-state index in [1.54, 1.807) is 0 Å². The standard InChI is InChI=1S/2C17H14Cl.C2H6Si.2ClH.Hf/c2*1-12-10-14-4-2-3-5-16(17(14)11-12)13-6-8-15(18)9-7-13;1-3-2;;;/h2*2-11,16H,1H3;1-2H3;2*1H;/q2*-1;;;;+2/p-2. The molecular formula is C36H34Cl4HfSi-2. The summed E-state index contributed by atoms with van der Waals surface area (Å²) in [5.74, 6) is 0.641. The molecule has 42 heavy (non-hydrogen) atoms. The summed E-state index contributed by atoms with van der Waals surface area (Å²) in [6.07, 6.45) is 17.3. The van der Waals surface area contributed by atoms with E-state index >= 15 is 0 Å². The maximum atomic E-state index is 5.96. The van der Waals surface area contributed by atoms with Gasteiger partial charge in [-0.3, -0.25) is 0 Å². The third-order valence-electron chi connectivity index (χ3n) is 6.71. The number of benzene rings is 2. The van der Waals surface area contributed by atoms with E-state index in [0.29, 0.717) is 11.8 Å². The predicted octanol–water partition coefficient (Wildman–Crippen LogP) is 4.96. The van der Waals surface area contributed by atoms with Crippen LogP contribution in [0.15, 0.2) is 109 Å². The molecule has 216 valence electrons. The zero-order valence-corrected chi connectivity index (χ0v) is 31.8. The van der Waals surface area contributed by atoms with Crippen LogP contribution in [0.25, 0.3) is 12.2 Å². The number of rotatable bonds is 2. The van der Waals surface area contributed by atoms with Crippen LogP contribution in [0.1, 0.15) is 56.3 Å². The average molecular weight is 815 g/mol. The fraction of sp³-hybridized carbons (Fsp3) is 0.167. The van der Waals surface area contributed by atoms with E-state index in [1.807, 2.05) is 24.3 Å². The van der Waals surface area contributed by atoms with Gasteiger partial charge in [0.2, 0.25) is 0 Å². The fourth-order valence-electron chi connectivity index (χ4n) is 5.02. The Morgan fingerprint density at radius 2 is 0.952 bits per heavy atom. The van der Waals surface area contributed by atoms with Crippen molar-refractivity contribution in [1.29, 1.82) is 0 Å². The van der Waals surface area contributed by atoms with Crippen LogP contribution in [0.4, 0.5) is 0 Å². The molecular weight excluding hydrogens is 781 g/mol. The molecule has 0 radical (unpaired) electrons. The van der Waals surface area contributed by atoms with Crippen molar-refractivity contribution in [3.63, 3.8) is 0 Å². The SMILES string of the molecule is C[Si](C)=[Hf+2].Cc1cc2c([cH-]1)C=CC=CC2c1ccc(Cl)cc1.Cc1cc2c([cH-]1)C=CC=CC2c1ccc(Cl)cc1.[Cl-].[Cl-]. The molecule has 2 aliphatic rings. The van der Waals surface area contributed by atoms with E-state index in [9.17, 15) is 0 Å². The maximum absolute atomic E-state index is 5.96. The first-order chi connectivity index (χ1) is 19.2. The van der Waals surface area contributed by atoms with Gasteiger partial charge in [0.15, 0.2) is 0 Å². The molecule has 0 saturated carbocycles. The minimum absolute atomic E-state index is 0. The first-order valence-corrected chi connectivity index (χ1v) is 22.1. The Hall–Kier alpha value is -1.65. The van der Waals surface area contributed by atoms with E-state index in [-0.39, 0.29) is 30.3 Å². The summed E-state index contributed by atoms with van der Waals surface area (Å²) in [6.45, 7) is 8.95. The van der Waals surface area contributed by atoms with Crippen LogP contribution in [-0.4, -0.2) is 5.49 Å². The number of halogens is 4. The van der Waals surface area contributed by atoms with Gasteiger partial charge < -0.3 is 24.8 Å². The first-order valence-electron chi connectivity index (χ1n) is 13.5. The van der Waals surface area contributed by atoms with E-state index < -0.39 is 0 Å². The van der Waals surface area contributed by atoms with Crippen LogP contribution in [-0.2, 0) is 23.0 Å². The molecule has 2 aliphatic carbocycles. The van der Waals surface area contributed by atoms with Gasteiger partial charge in [0.05, 0.1) is 0 Å². The largest absolute Gasteiger partial charge is 1.00 e. The monoisotopic (exact) mass is 814 g/mol. The zero-order valence-electron chi connectivity index (χ0n) is 24.2. The molecule has 0 aromatic heterocycles. The fourth-order valence-corrected chi connectivity index (χ4v) is 5.27. The molecule has 0 fully saturated rings. The van der Waals surface area contributed by atoms with Crippen LogP contribution in [0.2, 0.25) is 23.1 Å². The number of hydrogen-bond donors (Lipinski definition) is 0. The van der Waals surface area contributed by atoms with E-state index in [1.165, 1.54) is 67.5 Å². The molecule has 0 aliphatic heterocycles. The van der Waals surface area contributed by atoms with Gasteiger partial charge in [0.25, 0.3) is 0 Å². The molecule has 2 atom stereocenters. The van der Waals surface area contributed by atoms with Crippen molar-refractivity contribution in [2.45, 2.75) is 38.8 Å². The van der Waals surface area contributed by atoms with Gasteiger partial charge in [-0.05, 0) is 47.2 Å². The second-order valence-corrected chi connectivity index (χ2v) is 24.1. The van der Waals surface area contributed by atoms with Gasteiger partial charge in [-0.1, -0.05) is 85.6 Å². The average Bonchev–Trinajstić information content (AvgIpc) is 3.32. The Kier molecular flexibility index (Phi) is 15.3. The Balaban J connectivity index is 0.000000250. The van der Waals surface area contributed by atoms with Gasteiger partial charge in [0, 0.05) is 10.0 Å². The Bertz CT molecular complexity index is 1450. The van der Waals surface area contributed by atoms with Gasteiger partial charge in [-0.15, -0.1) is 47.6 Å². The number of allylic oxidation sites excluding steroid dienone is 6. The van der Waals surface area contributed by atoms with Crippen LogP contribution >= 0.6 is 23.2 Å². The van der Waals surface area contributed by atoms with Crippen molar-refractivity contribution >= 4 is 40.8 Å². The summed E-state index contributed by atoms with van der Waals surface area (Å²) in [7, 11) is 0. The summed E-state index contributed by atoms with van der Waals surface area (Å²) in [4.78, 5) is 0. The van der Waals surface area contributed by atoms with Crippen LogP contribution in [0, 0.1) is 13.8 Å². The van der Waals surface area contributed by atoms with Gasteiger partial charge in [-0.2, -0.15) is 34.4 Å². The second kappa shape index (κ2) is 17.6. The Labute approximate surface area is 288 Å². The normalized spacial score (nSPS) is 15.7. The number of fused-ring (bicyclic) bond motifs is 2. The third-order valence-corrected chi connectivity index (χ3v) is 7.21. The molecule has 6 heteroatoms. The summed E-state index contributed by atoms with van der Waals surface area (Å²) >= 11 is 13.4. The van der Waals surface area contributed by atoms with E-state index in [2.05, 4.69) is 124 Å². The minimum Gasteiger partial charge on any atom is -1.00 e. The van der Waals surface area contributed by atoms with Crippen LogP contribution in [0.3, 0.4) is 0 Å². The van der Waals surface area contributed by atoms with Crippen molar-refractivity contribution < 1.29 is 47.8 Å². The summed E-state index contributed by atoms with van der Waals surface area (Å²) in [6, 6.07) is 25.3. The molecule has 4 aromatic carbocycles. The topological polar surface area (TPSA) is 0 Å². The molecule has 0 bridgehead atoms. The van der Waals surface area contributed by atoms with Crippen molar-refractivity contribution in [2.24, 2.45) is 0 Å². The zero-order chi connectivity index (χ0) is 28.6. The van der Waals surface area contributed by atoms with Crippen LogP contribution < -0.4 is 24.8 Å². The summed E-state index contributed by atoms with van der Waals surface area (Å²) in [5.41, 5.74) is 10.8. The molecule has 6 rings (SSSR count). The number of hydrogen-bond acceptors (Lipinski definition) is 0. The molecule has 0 saturated heterocycles. The number of aryl methyl sites for hydroxylation is 2. The molecule has 4 aromatic rings. The summed E-state index contributed by atoms with van der Waals surface area (Å²) < 4.78 is 0. The molecule has 0 amide bonds. The third kappa shape index (κ3) is 10.2. The Morgan fingerprint density at radius 3 is 1.29 bits per heavy atom. The molecule has 0 spiro atoms. The van der Waals surface area contributed by atoms with Crippen molar-refractivity contribution in [1.82, 2.24) is 0 Å². The van der Waals surface area contributed by atoms with Gasteiger partial charge in [0.1, 0.15) is 0 Å². The van der Waals surface area contributed by atoms with E-state index in [4.69, 9.17) is 23.2 Å². The van der Waals surface area contributed by atoms with Gasteiger partial charge >= 0.3 is 41.6 Å². The predicted molar refractivity (Wildman–Crippen MR) is 174 cm³/mol. The molecule has 0 nitrogen and oxygen atoms in total. The Morgan fingerprint density at radius 1 is 0.619 bits per heavy atom. The second-order valence-electron chi connectivity index (χ2n) is 10.4. The molecule has 0 N–H and O–H groups in total. The molecule has 2 unspecified atom stereocenters. The van der Waals surface area contributed by atoms with E-state index in [0.717, 1.165) is 10.0 Å². The van der Waals surface area contributed by atoms with Crippen molar-refractivity contribution in [3.8, 4) is 0 Å². The first kappa shape index (κ1) is 36.5. The smallest absolute Gasteiger partial charge is 0.0406 e. The van der Waals surface area contributed by atoms with Crippen molar-refractivity contribution in [3.05, 3.63) is 164 Å². The summed E-state index contributed by atoms with van der Waals surface area (Å²) in [5, 5.41) is 1.57. The van der Waals surface area contributed by atoms with Crippen LogP contribution in [0.5, 0.6) is 0 Å². The quantitative estimate of drug-likeness (QED) is 0.199. The van der Waals surface area contributed by atoms with Crippen molar-refractivity contribution in [2.75, 3.05) is 0 Å². The maximum Gasteiger partial charge on any atom is 0.0406 e. The minimum atomic E-state index is 0. The van der Waals surface area contributed by atoms with Gasteiger partial charge in [-0.25, -0.2) is 0 Å².